The Balaban J connectivity index is 2.20. The highest BCUT2D eigenvalue weighted by atomic mass is 16.5. The minimum atomic E-state index is -0.288. The van der Waals surface area contributed by atoms with Crippen molar-refractivity contribution < 1.29 is 9.53 Å². The van der Waals surface area contributed by atoms with E-state index in [9.17, 15) is 9.59 Å². The van der Waals surface area contributed by atoms with Crippen LogP contribution < -0.4 is 15.6 Å². The summed E-state index contributed by atoms with van der Waals surface area (Å²) in [6, 6.07) is 1.69. The summed E-state index contributed by atoms with van der Waals surface area (Å²) < 4.78 is 7.28. The lowest BCUT2D eigenvalue weighted by atomic mass is 10.2. The second-order valence-electron chi connectivity index (χ2n) is 6.54. The molecule has 0 aliphatic heterocycles. The maximum absolute atomic E-state index is 12.7. The molecule has 3 rings (SSSR count). The molecule has 2 N–H and O–H groups in total. The second-order valence-corrected chi connectivity index (χ2v) is 6.54. The first-order chi connectivity index (χ1) is 13.4. The van der Waals surface area contributed by atoms with Crippen LogP contribution in [0.1, 0.15) is 39.3 Å². The number of nitrogens with one attached hydrogen (secondary N) is 2. The van der Waals surface area contributed by atoms with E-state index in [1.54, 1.807) is 17.8 Å². The molecule has 3 aromatic heterocycles. The highest BCUT2D eigenvalue weighted by molar-refractivity contribution is 5.89. The summed E-state index contributed by atoms with van der Waals surface area (Å²) in [6.07, 6.45) is 3.93. The van der Waals surface area contributed by atoms with Gasteiger partial charge in [-0.2, -0.15) is 5.10 Å². The van der Waals surface area contributed by atoms with Crippen LogP contribution in [-0.2, 0) is 18.3 Å². The highest BCUT2D eigenvalue weighted by Crippen LogP contribution is 2.29. The van der Waals surface area contributed by atoms with Crippen molar-refractivity contribution in [2.24, 2.45) is 7.05 Å². The number of anilines is 1. The lowest BCUT2D eigenvalue weighted by molar-refractivity contribution is -0.114. The third-order valence-corrected chi connectivity index (χ3v) is 4.12. The number of nitrogens with zero attached hydrogens (tertiary/aromatic N) is 4. The summed E-state index contributed by atoms with van der Waals surface area (Å²) in [7, 11) is 1.73. The van der Waals surface area contributed by atoms with Crippen molar-refractivity contribution in [3.05, 3.63) is 28.3 Å². The number of fused-ring (bicyclic) bond motifs is 1. The van der Waals surface area contributed by atoms with E-state index in [-0.39, 0.29) is 11.5 Å². The maximum Gasteiger partial charge on any atom is 0.277 e. The van der Waals surface area contributed by atoms with Gasteiger partial charge in [0.2, 0.25) is 11.8 Å². The molecule has 0 aliphatic rings. The summed E-state index contributed by atoms with van der Waals surface area (Å²) in [4.78, 5) is 35.9. The number of hydrogen-bond donors (Lipinski definition) is 2. The number of pyridine rings is 1. The van der Waals surface area contributed by atoms with Crippen LogP contribution in [-0.4, -0.2) is 37.2 Å². The Bertz CT molecular complexity index is 1070. The number of ether oxygens (including phenoxy) is 1. The quantitative estimate of drug-likeness (QED) is 0.646. The Labute approximate surface area is 162 Å². The number of aromatic nitrogens is 5. The highest BCUT2D eigenvalue weighted by Gasteiger charge is 2.18. The van der Waals surface area contributed by atoms with Gasteiger partial charge in [-0.15, -0.1) is 0 Å². The van der Waals surface area contributed by atoms with Crippen LogP contribution >= 0.6 is 0 Å². The molecule has 0 saturated carbocycles. The Morgan fingerprint density at radius 2 is 2.11 bits per heavy atom. The lowest BCUT2D eigenvalue weighted by Gasteiger charge is -2.11. The van der Waals surface area contributed by atoms with Crippen molar-refractivity contribution in [2.75, 3.05) is 11.9 Å². The van der Waals surface area contributed by atoms with Crippen molar-refractivity contribution in [3.63, 3.8) is 0 Å². The summed E-state index contributed by atoms with van der Waals surface area (Å²) in [5, 5.41) is 7.13. The van der Waals surface area contributed by atoms with E-state index in [1.165, 1.54) is 13.1 Å². The van der Waals surface area contributed by atoms with Gasteiger partial charge >= 0.3 is 0 Å². The fourth-order valence-corrected chi connectivity index (χ4v) is 2.99. The molecule has 9 nitrogen and oxygen atoms in total. The molecule has 9 heteroatoms. The third kappa shape index (κ3) is 3.88. The fraction of sp³-hybridized carbons (Fsp3) is 0.421. The molecule has 0 fully saturated rings. The SMILES string of the molecule is CCCOc1ncc(NC(C)=O)cc1-c1nc2c(CCC)nn(C)c2c(=O)[nH]1. The molecule has 0 aliphatic carbocycles. The molecule has 28 heavy (non-hydrogen) atoms. The first-order valence-electron chi connectivity index (χ1n) is 9.31. The van der Waals surface area contributed by atoms with Gasteiger partial charge in [0.15, 0.2) is 5.52 Å². The van der Waals surface area contributed by atoms with Crippen molar-refractivity contribution in [3.8, 4) is 17.3 Å². The van der Waals surface area contributed by atoms with Gasteiger partial charge < -0.3 is 15.0 Å². The van der Waals surface area contributed by atoms with Crippen molar-refractivity contribution >= 4 is 22.6 Å². The minimum Gasteiger partial charge on any atom is -0.477 e. The van der Waals surface area contributed by atoms with Crippen LogP contribution in [0.4, 0.5) is 5.69 Å². The van der Waals surface area contributed by atoms with E-state index < -0.39 is 0 Å². The number of H-pyrrole nitrogens is 1. The number of carbonyl (C=O) groups excluding carboxylic acids is 1. The number of aryl methyl sites for hydroxylation is 2. The first kappa shape index (κ1) is 19.5. The summed E-state index contributed by atoms with van der Waals surface area (Å²) in [5.74, 6) is 0.456. The number of carbonyl (C=O) groups is 1. The number of amides is 1. The normalized spacial score (nSPS) is 11.0. The predicted octanol–water partition coefficient (Wildman–Crippen LogP) is 2.42. The van der Waals surface area contributed by atoms with Crippen LogP contribution in [0.3, 0.4) is 0 Å². The Kier molecular flexibility index (Phi) is 5.72. The van der Waals surface area contributed by atoms with E-state index in [4.69, 9.17) is 4.74 Å². The van der Waals surface area contributed by atoms with Crippen LogP contribution in [0.25, 0.3) is 22.4 Å². The zero-order valence-corrected chi connectivity index (χ0v) is 16.5. The molecule has 1 amide bonds. The summed E-state index contributed by atoms with van der Waals surface area (Å²) in [6.45, 7) is 5.93. The molecule has 0 bridgehead atoms. The maximum atomic E-state index is 12.7. The van der Waals surface area contributed by atoms with Gasteiger partial charge in [-0.25, -0.2) is 9.97 Å². The van der Waals surface area contributed by atoms with Crippen LogP contribution in [0, 0.1) is 0 Å². The van der Waals surface area contributed by atoms with Crippen molar-refractivity contribution in [2.45, 2.75) is 40.0 Å². The monoisotopic (exact) mass is 384 g/mol. The molecule has 148 valence electrons. The van der Waals surface area contributed by atoms with Crippen LogP contribution in [0.15, 0.2) is 17.1 Å². The molecule has 0 atom stereocenters. The van der Waals surface area contributed by atoms with Gasteiger partial charge in [-0.05, 0) is 18.9 Å². The first-order valence-corrected chi connectivity index (χ1v) is 9.31. The smallest absolute Gasteiger partial charge is 0.277 e. The molecular formula is C19H24N6O3. The van der Waals surface area contributed by atoms with Crippen LogP contribution in [0.5, 0.6) is 5.88 Å². The average Bonchev–Trinajstić information content (AvgIpc) is 2.96. The van der Waals surface area contributed by atoms with Gasteiger partial charge in [0.25, 0.3) is 5.56 Å². The Morgan fingerprint density at radius 1 is 1.32 bits per heavy atom. The zero-order chi connectivity index (χ0) is 20.3. The summed E-state index contributed by atoms with van der Waals surface area (Å²) in [5.41, 5.74) is 2.47. The second kappa shape index (κ2) is 8.20. The summed E-state index contributed by atoms with van der Waals surface area (Å²) >= 11 is 0. The Morgan fingerprint density at radius 3 is 2.79 bits per heavy atom. The predicted molar refractivity (Wildman–Crippen MR) is 106 cm³/mol. The number of hydrogen-bond acceptors (Lipinski definition) is 6. The van der Waals surface area contributed by atoms with Crippen molar-refractivity contribution in [1.82, 2.24) is 24.7 Å². The molecule has 3 heterocycles. The molecule has 0 aromatic carbocycles. The van der Waals surface area contributed by atoms with E-state index in [2.05, 4.69) is 25.4 Å². The van der Waals surface area contributed by atoms with Crippen LogP contribution in [0.2, 0.25) is 0 Å². The lowest BCUT2D eigenvalue weighted by Crippen LogP contribution is -2.13. The third-order valence-electron chi connectivity index (χ3n) is 4.12. The topological polar surface area (TPSA) is 115 Å². The Hall–Kier alpha value is -3.23. The van der Waals surface area contributed by atoms with E-state index in [1.807, 2.05) is 13.8 Å². The largest absolute Gasteiger partial charge is 0.477 e. The molecule has 3 aromatic rings. The van der Waals surface area contributed by atoms with E-state index in [0.29, 0.717) is 40.6 Å². The van der Waals surface area contributed by atoms with Gasteiger partial charge in [0.05, 0.1) is 29.7 Å². The van der Waals surface area contributed by atoms with Crippen molar-refractivity contribution in [1.29, 1.82) is 0 Å². The van der Waals surface area contributed by atoms with Gasteiger partial charge in [0, 0.05) is 14.0 Å². The molecular weight excluding hydrogens is 360 g/mol. The zero-order valence-electron chi connectivity index (χ0n) is 16.5. The van der Waals surface area contributed by atoms with E-state index in [0.717, 1.165) is 25.0 Å². The average molecular weight is 384 g/mol. The van der Waals surface area contributed by atoms with Gasteiger partial charge in [0.1, 0.15) is 11.3 Å². The molecule has 0 spiro atoms. The van der Waals surface area contributed by atoms with Gasteiger partial charge in [-0.1, -0.05) is 20.3 Å². The standard InChI is InChI=1S/C19H24N6O3/c1-5-7-14-15-16(25(4)24-14)18(27)23-17(22-15)13-9-12(21-11(3)26)10-20-19(13)28-8-6-2/h9-10H,5-8H2,1-4H3,(H,21,26)(H,22,23,27). The molecule has 0 radical (unpaired) electrons. The minimum absolute atomic E-state index is 0.218. The molecule has 0 saturated heterocycles. The van der Waals surface area contributed by atoms with E-state index >= 15 is 0 Å². The number of aromatic amines is 1. The number of rotatable bonds is 7. The fourth-order valence-electron chi connectivity index (χ4n) is 2.99. The van der Waals surface area contributed by atoms with Gasteiger partial charge in [-0.3, -0.25) is 14.3 Å². The molecule has 0 unspecified atom stereocenters.